The van der Waals surface area contributed by atoms with Crippen LogP contribution >= 0.6 is 15.9 Å². The third kappa shape index (κ3) is 2.97. The molecule has 1 heterocycles. The number of halogens is 1. The van der Waals surface area contributed by atoms with Crippen LogP contribution in [0.25, 0.3) is 0 Å². The van der Waals surface area contributed by atoms with Crippen LogP contribution in [0.2, 0.25) is 0 Å². The SMILES string of the molecule is CC(C)(C)OC(=O)C1C(=O)COc2cccc(Br)c21. The van der Waals surface area contributed by atoms with E-state index in [1.54, 1.807) is 39.0 Å². The van der Waals surface area contributed by atoms with Crippen molar-refractivity contribution in [2.75, 3.05) is 6.61 Å². The lowest BCUT2D eigenvalue weighted by atomic mass is 9.92. The number of hydrogen-bond donors (Lipinski definition) is 0. The summed E-state index contributed by atoms with van der Waals surface area (Å²) in [5.41, 5.74) is -0.0788. The van der Waals surface area contributed by atoms with Gasteiger partial charge in [0.05, 0.1) is 0 Å². The fraction of sp³-hybridized carbons (Fsp3) is 0.429. The van der Waals surface area contributed by atoms with E-state index in [9.17, 15) is 9.59 Å². The molecule has 0 bridgehead atoms. The Morgan fingerprint density at radius 1 is 1.42 bits per heavy atom. The molecule has 0 aliphatic carbocycles. The molecule has 1 aliphatic heterocycles. The standard InChI is InChI=1S/C14H15BrO4/c1-14(2,3)19-13(17)12-9(16)7-18-10-6-4-5-8(15)11(10)12/h4-6,12H,7H2,1-3H3. The highest BCUT2D eigenvalue weighted by molar-refractivity contribution is 9.10. The summed E-state index contributed by atoms with van der Waals surface area (Å²) in [5, 5.41) is 0. The Hall–Kier alpha value is -1.36. The number of hydrogen-bond acceptors (Lipinski definition) is 4. The first-order valence-electron chi connectivity index (χ1n) is 5.96. The van der Waals surface area contributed by atoms with Crippen LogP contribution in [0.1, 0.15) is 32.3 Å². The van der Waals surface area contributed by atoms with E-state index in [1.165, 1.54) is 0 Å². The molecule has 0 saturated carbocycles. The van der Waals surface area contributed by atoms with E-state index in [-0.39, 0.29) is 12.4 Å². The van der Waals surface area contributed by atoms with Crippen LogP contribution < -0.4 is 4.74 Å². The van der Waals surface area contributed by atoms with Gasteiger partial charge >= 0.3 is 5.97 Å². The van der Waals surface area contributed by atoms with E-state index in [2.05, 4.69) is 15.9 Å². The summed E-state index contributed by atoms with van der Waals surface area (Å²) in [6.45, 7) is 5.22. The predicted octanol–water partition coefficient (Wildman–Crippen LogP) is 2.84. The van der Waals surface area contributed by atoms with E-state index in [0.29, 0.717) is 15.8 Å². The summed E-state index contributed by atoms with van der Waals surface area (Å²) in [7, 11) is 0. The van der Waals surface area contributed by atoms with Gasteiger partial charge in [-0.1, -0.05) is 22.0 Å². The number of carbonyl (C=O) groups excluding carboxylic acids is 2. The zero-order chi connectivity index (χ0) is 14.2. The van der Waals surface area contributed by atoms with Crippen LogP contribution in [-0.2, 0) is 14.3 Å². The molecule has 102 valence electrons. The van der Waals surface area contributed by atoms with Crippen LogP contribution in [0, 0.1) is 0 Å². The minimum Gasteiger partial charge on any atom is -0.485 e. The Labute approximate surface area is 120 Å². The molecule has 0 aromatic heterocycles. The van der Waals surface area contributed by atoms with Crippen molar-refractivity contribution in [3.8, 4) is 5.75 Å². The molecular weight excluding hydrogens is 312 g/mol. The Kier molecular flexibility index (Phi) is 3.67. The molecular formula is C14H15BrO4. The fourth-order valence-corrected chi connectivity index (χ4v) is 2.50. The van der Waals surface area contributed by atoms with Crippen molar-refractivity contribution in [3.63, 3.8) is 0 Å². The van der Waals surface area contributed by atoms with E-state index in [4.69, 9.17) is 9.47 Å². The minimum absolute atomic E-state index is 0.104. The van der Waals surface area contributed by atoms with Crippen molar-refractivity contribution >= 4 is 27.7 Å². The van der Waals surface area contributed by atoms with E-state index >= 15 is 0 Å². The maximum Gasteiger partial charge on any atom is 0.321 e. The number of benzene rings is 1. The molecule has 1 aromatic rings. The van der Waals surface area contributed by atoms with Gasteiger partial charge < -0.3 is 9.47 Å². The molecule has 1 aromatic carbocycles. The molecule has 1 atom stereocenters. The molecule has 19 heavy (non-hydrogen) atoms. The molecule has 2 rings (SSSR count). The second kappa shape index (κ2) is 4.96. The third-order valence-electron chi connectivity index (χ3n) is 2.64. The minimum atomic E-state index is -0.918. The average Bonchev–Trinajstić information content (AvgIpc) is 2.27. The van der Waals surface area contributed by atoms with E-state index in [1.807, 2.05) is 0 Å². The van der Waals surface area contributed by atoms with E-state index in [0.717, 1.165) is 0 Å². The van der Waals surface area contributed by atoms with Crippen LogP contribution in [0.3, 0.4) is 0 Å². The predicted molar refractivity (Wildman–Crippen MR) is 73.2 cm³/mol. The molecule has 0 radical (unpaired) electrons. The number of ketones is 1. The summed E-state index contributed by atoms with van der Waals surface area (Å²) in [4.78, 5) is 24.2. The van der Waals surface area contributed by atoms with Gasteiger partial charge in [-0.25, -0.2) is 0 Å². The maximum atomic E-state index is 12.2. The lowest BCUT2D eigenvalue weighted by Gasteiger charge is -2.27. The number of ether oxygens (including phenoxy) is 2. The lowest BCUT2D eigenvalue weighted by Crippen LogP contribution is -2.36. The molecule has 1 aliphatic rings. The van der Waals surface area contributed by atoms with Crippen molar-refractivity contribution < 1.29 is 19.1 Å². The largest absolute Gasteiger partial charge is 0.485 e. The Bertz CT molecular complexity index is 531. The lowest BCUT2D eigenvalue weighted by molar-refractivity contribution is -0.159. The summed E-state index contributed by atoms with van der Waals surface area (Å²) in [5.74, 6) is -1.19. The van der Waals surface area contributed by atoms with Crippen LogP contribution in [-0.4, -0.2) is 24.0 Å². The van der Waals surface area contributed by atoms with Crippen LogP contribution in [0.5, 0.6) is 5.75 Å². The number of Topliss-reactive ketones (excluding diaryl/α,β-unsaturated/α-hetero) is 1. The summed E-state index contributed by atoms with van der Waals surface area (Å²) < 4.78 is 11.3. The Morgan fingerprint density at radius 2 is 2.11 bits per heavy atom. The summed E-state index contributed by atoms with van der Waals surface area (Å²) >= 11 is 3.36. The monoisotopic (exact) mass is 326 g/mol. The van der Waals surface area contributed by atoms with Crippen molar-refractivity contribution in [2.24, 2.45) is 0 Å². The molecule has 5 heteroatoms. The second-order valence-electron chi connectivity index (χ2n) is 5.37. The Balaban J connectivity index is 2.41. The first kappa shape index (κ1) is 14.1. The molecule has 4 nitrogen and oxygen atoms in total. The van der Waals surface area contributed by atoms with E-state index < -0.39 is 17.5 Å². The van der Waals surface area contributed by atoms with Gasteiger partial charge in [-0.3, -0.25) is 9.59 Å². The molecule has 0 amide bonds. The smallest absolute Gasteiger partial charge is 0.321 e. The van der Waals surface area contributed by atoms with Crippen molar-refractivity contribution in [2.45, 2.75) is 32.3 Å². The van der Waals surface area contributed by atoms with Crippen molar-refractivity contribution in [1.29, 1.82) is 0 Å². The molecule has 0 spiro atoms. The normalized spacial score (nSPS) is 18.5. The maximum absolute atomic E-state index is 12.2. The number of fused-ring (bicyclic) bond motifs is 1. The Morgan fingerprint density at radius 3 is 2.74 bits per heavy atom. The van der Waals surface area contributed by atoms with Crippen molar-refractivity contribution in [3.05, 3.63) is 28.2 Å². The first-order valence-corrected chi connectivity index (χ1v) is 6.75. The van der Waals surface area contributed by atoms with Crippen LogP contribution in [0.15, 0.2) is 22.7 Å². The highest BCUT2D eigenvalue weighted by Gasteiger charge is 2.39. The third-order valence-corrected chi connectivity index (χ3v) is 3.33. The van der Waals surface area contributed by atoms with Gasteiger partial charge in [0, 0.05) is 10.0 Å². The highest BCUT2D eigenvalue weighted by atomic mass is 79.9. The van der Waals surface area contributed by atoms with Gasteiger partial charge in [0.2, 0.25) is 0 Å². The number of rotatable bonds is 1. The molecule has 0 saturated heterocycles. The second-order valence-corrected chi connectivity index (χ2v) is 6.23. The fourth-order valence-electron chi connectivity index (χ4n) is 1.93. The summed E-state index contributed by atoms with van der Waals surface area (Å²) in [6, 6.07) is 5.31. The van der Waals surface area contributed by atoms with Gasteiger partial charge in [-0.2, -0.15) is 0 Å². The molecule has 1 unspecified atom stereocenters. The van der Waals surface area contributed by atoms with Crippen LogP contribution in [0.4, 0.5) is 0 Å². The molecule has 0 N–H and O–H groups in total. The topological polar surface area (TPSA) is 52.6 Å². The molecule has 0 fully saturated rings. The number of carbonyl (C=O) groups is 2. The zero-order valence-corrected chi connectivity index (χ0v) is 12.6. The van der Waals surface area contributed by atoms with Gasteiger partial charge in [0.15, 0.2) is 5.78 Å². The van der Waals surface area contributed by atoms with Gasteiger partial charge in [-0.05, 0) is 32.9 Å². The zero-order valence-electron chi connectivity index (χ0n) is 11.0. The van der Waals surface area contributed by atoms with Gasteiger partial charge in [-0.15, -0.1) is 0 Å². The van der Waals surface area contributed by atoms with Gasteiger partial charge in [0.1, 0.15) is 23.9 Å². The summed E-state index contributed by atoms with van der Waals surface area (Å²) in [6.07, 6.45) is 0. The van der Waals surface area contributed by atoms with Gasteiger partial charge in [0.25, 0.3) is 0 Å². The highest BCUT2D eigenvalue weighted by Crippen LogP contribution is 2.38. The number of esters is 1. The first-order chi connectivity index (χ1) is 8.79. The van der Waals surface area contributed by atoms with Crippen molar-refractivity contribution in [1.82, 2.24) is 0 Å². The average molecular weight is 327 g/mol. The quantitative estimate of drug-likeness (QED) is 0.588.